The maximum Gasteiger partial charge on any atom is 0.295 e. The van der Waals surface area contributed by atoms with E-state index in [1.54, 1.807) is 36.7 Å². The van der Waals surface area contributed by atoms with Gasteiger partial charge in [0.05, 0.1) is 18.2 Å². The van der Waals surface area contributed by atoms with Crippen LogP contribution in [0.15, 0.2) is 78.6 Å². The fraction of sp³-hybridized carbons (Fsp3) is 0.222. The van der Waals surface area contributed by atoms with Crippen molar-refractivity contribution in [2.75, 3.05) is 6.61 Å². The molecule has 7 heteroatoms. The first-order chi connectivity index (χ1) is 16.5. The van der Waals surface area contributed by atoms with E-state index in [4.69, 9.17) is 4.74 Å². The molecular formula is C27H25FN2O4. The van der Waals surface area contributed by atoms with Crippen LogP contribution in [0.25, 0.3) is 5.76 Å². The second-order valence-electron chi connectivity index (χ2n) is 8.07. The molecule has 174 valence electrons. The molecule has 1 unspecified atom stereocenters. The number of aliphatic hydroxyl groups excluding tert-OH is 1. The number of carbonyl (C=O) groups is 2. The zero-order chi connectivity index (χ0) is 24.1. The number of aromatic nitrogens is 1. The number of ether oxygens (including phenoxy) is 1. The quantitative estimate of drug-likeness (QED) is 0.221. The molecule has 3 aromatic rings. The van der Waals surface area contributed by atoms with Gasteiger partial charge in [-0.15, -0.1) is 0 Å². The third kappa shape index (κ3) is 4.83. The molecule has 34 heavy (non-hydrogen) atoms. The van der Waals surface area contributed by atoms with Crippen molar-refractivity contribution in [3.63, 3.8) is 0 Å². The van der Waals surface area contributed by atoms with Gasteiger partial charge in [0.2, 0.25) is 0 Å². The van der Waals surface area contributed by atoms with E-state index >= 15 is 0 Å². The van der Waals surface area contributed by atoms with Crippen molar-refractivity contribution in [2.45, 2.75) is 32.4 Å². The lowest BCUT2D eigenvalue weighted by Crippen LogP contribution is -2.29. The summed E-state index contributed by atoms with van der Waals surface area (Å²) in [7, 11) is 0. The molecule has 0 saturated carbocycles. The Labute approximate surface area is 197 Å². The van der Waals surface area contributed by atoms with Crippen LogP contribution in [0.5, 0.6) is 5.75 Å². The molecule has 1 fully saturated rings. The Hall–Kier alpha value is -4.00. The molecule has 2 heterocycles. The maximum atomic E-state index is 13.4. The van der Waals surface area contributed by atoms with Crippen molar-refractivity contribution in [3.05, 3.63) is 101 Å². The number of unbranched alkanes of at least 4 members (excludes halogenated alkanes) is 1. The summed E-state index contributed by atoms with van der Waals surface area (Å²) in [4.78, 5) is 31.8. The van der Waals surface area contributed by atoms with Gasteiger partial charge >= 0.3 is 0 Å². The number of likely N-dealkylation sites (tertiary alicyclic amines) is 1. The molecule has 0 radical (unpaired) electrons. The van der Waals surface area contributed by atoms with Crippen LogP contribution in [0.1, 0.15) is 42.5 Å². The fourth-order valence-electron chi connectivity index (χ4n) is 3.95. The number of pyridine rings is 1. The SMILES string of the molecule is CCCCOc1cccc(C2C(=C(O)c3ccc(F)cc3)C(=O)C(=O)N2Cc2cccnc2)c1. The second-order valence-corrected chi connectivity index (χ2v) is 8.07. The number of hydrogen-bond acceptors (Lipinski definition) is 5. The van der Waals surface area contributed by atoms with Gasteiger partial charge in [0.1, 0.15) is 17.3 Å². The molecule has 0 bridgehead atoms. The predicted octanol–water partition coefficient (Wildman–Crippen LogP) is 5.02. The van der Waals surface area contributed by atoms with Gasteiger partial charge in [0, 0.05) is 24.5 Å². The number of ketones is 1. The van der Waals surface area contributed by atoms with Crippen LogP contribution in [0.2, 0.25) is 0 Å². The van der Waals surface area contributed by atoms with Gasteiger partial charge < -0.3 is 14.7 Å². The summed E-state index contributed by atoms with van der Waals surface area (Å²) in [5.41, 5.74) is 1.57. The summed E-state index contributed by atoms with van der Waals surface area (Å²) in [6.07, 6.45) is 5.14. The zero-order valence-electron chi connectivity index (χ0n) is 18.8. The van der Waals surface area contributed by atoms with Crippen molar-refractivity contribution in [1.29, 1.82) is 0 Å². The smallest absolute Gasteiger partial charge is 0.295 e. The molecule has 1 aliphatic rings. The third-order valence-electron chi connectivity index (χ3n) is 5.67. The van der Waals surface area contributed by atoms with Crippen LogP contribution in [0, 0.1) is 5.82 Å². The standard InChI is InChI=1S/C27H25FN2O4/c1-2-3-14-34-22-8-4-7-20(15-22)24-23(25(31)19-9-11-21(28)12-10-19)26(32)27(33)30(24)17-18-6-5-13-29-16-18/h4-13,15-16,24,31H,2-3,14,17H2,1H3. The summed E-state index contributed by atoms with van der Waals surface area (Å²) in [5, 5.41) is 11.1. The van der Waals surface area contributed by atoms with E-state index in [2.05, 4.69) is 11.9 Å². The summed E-state index contributed by atoms with van der Waals surface area (Å²) in [6.45, 7) is 2.75. The Balaban J connectivity index is 1.80. The molecule has 0 aliphatic carbocycles. The Morgan fingerprint density at radius 1 is 1.12 bits per heavy atom. The van der Waals surface area contributed by atoms with Crippen molar-refractivity contribution in [1.82, 2.24) is 9.88 Å². The van der Waals surface area contributed by atoms with Crippen LogP contribution >= 0.6 is 0 Å². The van der Waals surface area contributed by atoms with Crippen molar-refractivity contribution >= 4 is 17.4 Å². The van der Waals surface area contributed by atoms with Crippen LogP contribution in [0.4, 0.5) is 4.39 Å². The van der Waals surface area contributed by atoms with Gasteiger partial charge in [-0.3, -0.25) is 14.6 Å². The summed E-state index contributed by atoms with van der Waals surface area (Å²) in [5.74, 6) is -1.74. The molecule has 2 aromatic carbocycles. The molecule has 1 N–H and O–H groups in total. The number of halogens is 1. The number of aliphatic hydroxyl groups is 1. The minimum absolute atomic E-state index is 0.0498. The zero-order valence-corrected chi connectivity index (χ0v) is 18.8. The molecular weight excluding hydrogens is 435 g/mol. The normalized spacial score (nSPS) is 17.2. The Morgan fingerprint density at radius 2 is 1.91 bits per heavy atom. The van der Waals surface area contributed by atoms with E-state index < -0.39 is 23.5 Å². The minimum Gasteiger partial charge on any atom is -0.507 e. The fourth-order valence-corrected chi connectivity index (χ4v) is 3.95. The highest BCUT2D eigenvalue weighted by atomic mass is 19.1. The van der Waals surface area contributed by atoms with Crippen LogP contribution in [-0.4, -0.2) is 33.3 Å². The number of amides is 1. The number of rotatable bonds is 8. The highest BCUT2D eigenvalue weighted by molar-refractivity contribution is 6.46. The van der Waals surface area contributed by atoms with Gasteiger partial charge in [-0.1, -0.05) is 31.5 Å². The maximum absolute atomic E-state index is 13.4. The molecule has 0 spiro atoms. The molecule has 1 aromatic heterocycles. The van der Waals surface area contributed by atoms with E-state index in [0.717, 1.165) is 18.4 Å². The molecule has 1 saturated heterocycles. The van der Waals surface area contributed by atoms with E-state index in [-0.39, 0.29) is 23.4 Å². The second kappa shape index (κ2) is 10.3. The Bertz CT molecular complexity index is 1210. The first-order valence-electron chi connectivity index (χ1n) is 11.2. The molecule has 1 amide bonds. The molecule has 1 atom stereocenters. The number of nitrogens with zero attached hydrogens (tertiary/aromatic N) is 2. The number of benzene rings is 2. The third-order valence-corrected chi connectivity index (χ3v) is 5.67. The number of Topliss-reactive ketones (excluding diaryl/α,β-unsaturated/α-hetero) is 1. The van der Waals surface area contributed by atoms with E-state index in [0.29, 0.717) is 17.9 Å². The van der Waals surface area contributed by atoms with Crippen LogP contribution in [-0.2, 0) is 16.1 Å². The summed E-state index contributed by atoms with van der Waals surface area (Å²) in [6, 6.07) is 15.0. The molecule has 4 rings (SSSR count). The van der Waals surface area contributed by atoms with Crippen LogP contribution < -0.4 is 4.74 Å². The summed E-state index contributed by atoms with van der Waals surface area (Å²) < 4.78 is 19.3. The van der Waals surface area contributed by atoms with Crippen molar-refractivity contribution in [3.8, 4) is 5.75 Å². The average Bonchev–Trinajstić information content (AvgIpc) is 3.10. The average molecular weight is 461 g/mol. The number of carbonyl (C=O) groups excluding carboxylic acids is 2. The lowest BCUT2D eigenvalue weighted by molar-refractivity contribution is -0.140. The lowest BCUT2D eigenvalue weighted by atomic mass is 9.95. The van der Waals surface area contributed by atoms with Gasteiger partial charge in [-0.2, -0.15) is 0 Å². The lowest BCUT2D eigenvalue weighted by Gasteiger charge is -2.25. The van der Waals surface area contributed by atoms with E-state index in [1.165, 1.54) is 29.2 Å². The van der Waals surface area contributed by atoms with Gasteiger partial charge in [0.25, 0.3) is 11.7 Å². The largest absolute Gasteiger partial charge is 0.507 e. The first kappa shape index (κ1) is 23.2. The monoisotopic (exact) mass is 460 g/mol. The van der Waals surface area contributed by atoms with Crippen LogP contribution in [0.3, 0.4) is 0 Å². The Kier molecular flexibility index (Phi) is 7.01. The highest BCUT2D eigenvalue weighted by Crippen LogP contribution is 2.41. The predicted molar refractivity (Wildman–Crippen MR) is 125 cm³/mol. The molecule has 6 nitrogen and oxygen atoms in total. The number of hydrogen-bond donors (Lipinski definition) is 1. The van der Waals surface area contributed by atoms with Crippen molar-refractivity contribution in [2.24, 2.45) is 0 Å². The van der Waals surface area contributed by atoms with Crippen molar-refractivity contribution < 1.29 is 23.8 Å². The molecule has 1 aliphatic heterocycles. The van der Waals surface area contributed by atoms with Gasteiger partial charge in [0.15, 0.2) is 0 Å². The highest BCUT2D eigenvalue weighted by Gasteiger charge is 2.46. The minimum atomic E-state index is -0.847. The summed E-state index contributed by atoms with van der Waals surface area (Å²) >= 11 is 0. The topological polar surface area (TPSA) is 79.7 Å². The van der Waals surface area contributed by atoms with Gasteiger partial charge in [-0.25, -0.2) is 4.39 Å². The van der Waals surface area contributed by atoms with Gasteiger partial charge in [-0.05, 0) is 60.0 Å². The Morgan fingerprint density at radius 3 is 2.62 bits per heavy atom. The van der Waals surface area contributed by atoms with E-state index in [9.17, 15) is 19.1 Å². The van der Waals surface area contributed by atoms with E-state index in [1.807, 2.05) is 12.1 Å². The first-order valence-corrected chi connectivity index (χ1v) is 11.2.